The average Bonchev–Trinajstić information content (AvgIpc) is 0.757. The van der Waals surface area contributed by atoms with E-state index in [1.807, 2.05) is 0 Å². The number of nitro benzene ring substituents is 6. The maximum Gasteiger partial charge on any atom is 0.302 e. The fourth-order valence-corrected chi connectivity index (χ4v) is 14.0. The molecule has 56 nitrogen and oxygen atoms in total. The predicted octanol–water partition coefficient (Wildman–Crippen LogP) is -10.8. The molecule has 0 aromatic heterocycles. The third kappa shape index (κ3) is 17.5. The molecule has 35 atom stereocenters. The van der Waals surface area contributed by atoms with Crippen LogP contribution in [-0.4, -0.2) is 383 Å². The van der Waals surface area contributed by atoms with Crippen LogP contribution in [0.2, 0.25) is 0 Å². The van der Waals surface area contributed by atoms with E-state index in [9.17, 15) is 153 Å². The van der Waals surface area contributed by atoms with E-state index in [1.165, 1.54) is 0 Å². The maximum atomic E-state index is 12.7. The molecule has 0 amide bonds. The molecule has 21 aliphatic heterocycles. The lowest BCUT2D eigenvalue weighted by Gasteiger charge is -2.51. The summed E-state index contributed by atoms with van der Waals surface area (Å²) in [7, 11) is 0. The van der Waals surface area contributed by atoms with Crippen molar-refractivity contribution in [2.24, 2.45) is 0 Å². The molecule has 3 aromatic carbocycles. The summed E-state index contributed by atoms with van der Waals surface area (Å²) < 4.78 is 101. The molecule has 14 bridgehead atoms. The minimum Gasteiger partial charge on any atom is -0.488 e. The number of benzene rings is 3. The van der Waals surface area contributed by atoms with E-state index < -0.39 is 359 Å². The van der Waals surface area contributed by atoms with E-state index in [-0.39, 0.29) is 0 Å². The van der Waals surface area contributed by atoms with Gasteiger partial charge in [-0.3, -0.25) is 60.7 Å². The van der Waals surface area contributed by atoms with E-state index in [1.54, 1.807) is 0 Å². The van der Waals surface area contributed by atoms with Crippen LogP contribution in [0.5, 0.6) is 17.2 Å². The number of rotatable bonds is 19. The van der Waals surface area contributed by atoms with Gasteiger partial charge in [0.2, 0.25) is 0 Å². The van der Waals surface area contributed by atoms with Gasteiger partial charge in [0.05, 0.1) is 106 Å². The third-order valence-electron chi connectivity index (χ3n) is 20.0. The van der Waals surface area contributed by atoms with E-state index in [4.69, 9.17) is 97.7 Å². The Bertz CT molecular complexity index is 4010. The summed E-state index contributed by atoms with van der Waals surface area (Å²) in [4.78, 5) is 67.7. The lowest BCUT2D eigenvalue weighted by atomic mass is 9.94. The molecule has 646 valence electrons. The second kappa shape index (κ2) is 36.4. The quantitative estimate of drug-likeness (QED) is 0.0301. The molecule has 116 heavy (non-hydrogen) atoms. The molecule has 0 saturated carbocycles. The van der Waals surface area contributed by atoms with Gasteiger partial charge in [0.15, 0.2) is 90.5 Å². The largest absolute Gasteiger partial charge is 0.488 e. The van der Waals surface area contributed by atoms with Gasteiger partial charge in [-0.15, -0.1) is 0 Å². The number of aliphatic hydroxyl groups excluding tert-OH is 18. The lowest BCUT2D eigenvalue weighted by Crippen LogP contribution is -2.69. The first kappa shape index (κ1) is 88.4. The summed E-state index contributed by atoms with van der Waals surface area (Å²) in [5.74, 6) is -3.47. The molecule has 21 saturated heterocycles. The number of hydrogen-bond acceptors (Lipinski definition) is 50. The second-order valence-electron chi connectivity index (χ2n) is 27.1. The van der Waals surface area contributed by atoms with Crippen molar-refractivity contribution >= 4 is 51.2 Å². The van der Waals surface area contributed by atoms with E-state index in [0.29, 0.717) is 36.4 Å². The number of nitrogen functional groups attached to an aromatic ring is 3. The summed E-state index contributed by atoms with van der Waals surface area (Å²) in [6.07, 6.45) is -83.1. The topological polar surface area (TPSA) is 858 Å². The smallest absolute Gasteiger partial charge is 0.302 e. The molecule has 21 heterocycles. The van der Waals surface area contributed by atoms with Gasteiger partial charge >= 0.3 is 17.1 Å². The molecular formula is C60H79N9O47. The van der Waals surface area contributed by atoms with Crippen LogP contribution in [0.25, 0.3) is 0 Å². The first-order chi connectivity index (χ1) is 54.9. The lowest BCUT2D eigenvalue weighted by molar-refractivity contribution is -0.396. The molecule has 56 heteroatoms. The van der Waals surface area contributed by atoms with Gasteiger partial charge in [0.25, 0.3) is 17.1 Å². The zero-order valence-corrected chi connectivity index (χ0v) is 58.9. The van der Waals surface area contributed by atoms with Crippen molar-refractivity contribution in [1.29, 1.82) is 0 Å². The Morgan fingerprint density at radius 3 is 0.733 bits per heavy atom. The van der Waals surface area contributed by atoms with Crippen LogP contribution in [-0.2, 0) is 66.3 Å². The molecule has 0 unspecified atom stereocenters. The van der Waals surface area contributed by atoms with Gasteiger partial charge in [-0.2, -0.15) is 0 Å². The van der Waals surface area contributed by atoms with Crippen molar-refractivity contribution in [3.8, 4) is 17.2 Å². The third-order valence-corrected chi connectivity index (χ3v) is 20.0. The fourth-order valence-electron chi connectivity index (χ4n) is 14.0. The molecule has 21 aliphatic rings. The maximum absolute atomic E-state index is 12.7. The Morgan fingerprint density at radius 1 is 0.276 bits per heavy atom. The van der Waals surface area contributed by atoms with Gasteiger partial charge in [-0.05, 0) is 0 Å². The van der Waals surface area contributed by atoms with Crippen LogP contribution in [0.1, 0.15) is 0 Å². The summed E-state index contributed by atoms with van der Waals surface area (Å²) in [5.41, 5.74) is 7.83. The number of nitrogens with two attached hydrogens (primary N) is 3. The Kier molecular flexibility index (Phi) is 27.8. The molecule has 24 N–H and O–H groups in total. The minimum atomic E-state index is -2.82. The molecule has 0 aliphatic carbocycles. The van der Waals surface area contributed by atoms with Crippen molar-refractivity contribution in [3.05, 3.63) is 97.1 Å². The number of anilines is 3. The SMILES string of the molecule is Nc1c(OC[C@H]2O[C@@H]3O[C@H]4[C@H](O)[C@@H](O)[C@@H](O[C@H]5[C@H](O)[C@@H](O)[C@@H](O[C@H]6[C@H](O)[C@@H](O)[C@@H](O[C@H]7[C@H](O)[C@@H](O)[C@@H](O[C@H]8[C@H](O)[C@@H](O)[C@@H](O[C@H]9[C@H](O)[C@@H](O)[C@@H](O[C@H]2[C@H](Oc2cc([N+](=O)[O-])cc([N+](=O)[O-])c2N)[C@H]3Oc2cc([N+](=O)[O-])cc([N+](=O)[O-])c2N)O[C@@H]9CO)O[C@@H]8CO)O[C@@H]7CO)O[C@@H]6CO)O[C@@H]5CO)O[C@@H]4CO)cc([N+](=O)[O-])cc1[N+](=O)[O-]. The molecule has 21 fully saturated rings. The Hall–Kier alpha value is -8.42. The standard InChI is InChI=1S/C60H79N9O47/c61-30-17(67(94)95)1-14(64(88)89)4-20(30)100-13-29-51-52(101-21-5-15(65(90)91)2-18(31(21)62)68(96)97)53(102-22-6-16(66(92)93)3-19(32(22)63)69(98)99)60(109-29)115-50-28(12-75)107-58(43(86)38(50)81)113-48-26(10-73)105-56(41(84)36(48)79)111-46-24(8-71)103-54(39(82)34(46)77)110-45-23(7-70)104-55(40(83)33(45)76)112-47-25(9-72)106-57(42(85)35(47)78)114-49-27(11-74)108-59(116-51)44(87)37(49)80/h1-6,23-29,33-60,70-87H,7-13,61-63H2/t23-,24-,25-,26-,27-,28-,29-,33-,34-,35-,36-,37-,38-,39-,40-,41-,42-,43-,44-,45-,46-,47-,48-,49-,50-,51-,52+,53-,54-,55-,56-,57-,58-,59-,60-/m1/s1. The second-order valence-corrected chi connectivity index (χ2v) is 27.1. The highest BCUT2D eigenvalue weighted by Gasteiger charge is 2.61. The number of nitrogens with zero attached hydrogens (tertiary/aromatic N) is 6. The Balaban J connectivity index is 1.07. The van der Waals surface area contributed by atoms with Crippen LogP contribution in [0.4, 0.5) is 51.2 Å². The van der Waals surface area contributed by atoms with Crippen molar-refractivity contribution < 1.29 is 202 Å². The van der Waals surface area contributed by atoms with Crippen molar-refractivity contribution in [3.63, 3.8) is 0 Å². The Labute approximate surface area is 644 Å². The van der Waals surface area contributed by atoms with Crippen molar-refractivity contribution in [1.82, 2.24) is 0 Å². The van der Waals surface area contributed by atoms with E-state index >= 15 is 0 Å². The molecule has 24 rings (SSSR count). The highest BCUT2D eigenvalue weighted by atomic mass is 16.8. The normalized spacial score (nSPS) is 40.3. The zero-order valence-electron chi connectivity index (χ0n) is 58.9. The number of aliphatic hydroxyl groups is 18. The highest BCUT2D eigenvalue weighted by molar-refractivity contribution is 5.73. The summed E-state index contributed by atoms with van der Waals surface area (Å²) in [5, 5.41) is 282. The van der Waals surface area contributed by atoms with Gasteiger partial charge in [0.1, 0.15) is 165 Å². The average molecular weight is 1680 g/mol. The number of hydrogen-bond donors (Lipinski definition) is 21. The van der Waals surface area contributed by atoms with Crippen LogP contribution < -0.4 is 31.4 Å². The van der Waals surface area contributed by atoms with Gasteiger partial charge in [-0.25, -0.2) is 0 Å². The van der Waals surface area contributed by atoms with E-state index in [2.05, 4.69) is 0 Å². The summed E-state index contributed by atoms with van der Waals surface area (Å²) in [6.45, 7) is -9.21. The van der Waals surface area contributed by atoms with Crippen molar-refractivity contribution in [2.45, 2.75) is 215 Å². The molecule has 3 aromatic rings. The fraction of sp³-hybridized carbons (Fsp3) is 0.700. The van der Waals surface area contributed by atoms with Crippen LogP contribution in [0.3, 0.4) is 0 Å². The van der Waals surface area contributed by atoms with Gasteiger partial charge in [0, 0.05) is 0 Å². The number of non-ortho nitro benzene ring substituents is 3. The predicted molar refractivity (Wildman–Crippen MR) is 356 cm³/mol. The molecule has 0 radical (unpaired) electrons. The highest BCUT2D eigenvalue weighted by Crippen LogP contribution is 2.47. The Morgan fingerprint density at radius 2 is 0.491 bits per heavy atom. The number of nitro groups is 6. The molecular weight excluding hydrogens is 1600 g/mol. The zero-order chi connectivity index (χ0) is 84.8. The summed E-state index contributed by atoms with van der Waals surface area (Å²) in [6, 6.07) is 2.24. The van der Waals surface area contributed by atoms with Crippen LogP contribution in [0, 0.1) is 60.7 Å². The minimum absolute atomic E-state index is 0.300. The van der Waals surface area contributed by atoms with Gasteiger partial charge < -0.3 is 190 Å². The van der Waals surface area contributed by atoms with Crippen molar-refractivity contribution in [2.75, 3.05) is 63.4 Å². The first-order valence-corrected chi connectivity index (χ1v) is 34.5. The number of ether oxygens (including phenoxy) is 17. The first-order valence-electron chi connectivity index (χ1n) is 34.5. The van der Waals surface area contributed by atoms with Crippen LogP contribution >= 0.6 is 0 Å². The summed E-state index contributed by atoms with van der Waals surface area (Å²) >= 11 is 0. The van der Waals surface area contributed by atoms with Crippen LogP contribution in [0.15, 0.2) is 36.4 Å². The monoisotopic (exact) mass is 1680 g/mol. The van der Waals surface area contributed by atoms with Gasteiger partial charge in [-0.1, -0.05) is 0 Å². The van der Waals surface area contributed by atoms with E-state index in [0.717, 1.165) is 0 Å². The molecule has 0 spiro atoms.